The first-order valence-corrected chi connectivity index (χ1v) is 10.2. The summed E-state index contributed by atoms with van der Waals surface area (Å²) >= 11 is 0. The minimum atomic E-state index is -3.59. The first kappa shape index (κ1) is 18.4. The lowest BCUT2D eigenvalue weighted by Gasteiger charge is -2.07. The second kappa shape index (κ2) is 7.08. The van der Waals surface area contributed by atoms with E-state index in [0.29, 0.717) is 34.3 Å². The third-order valence-electron chi connectivity index (χ3n) is 4.54. The van der Waals surface area contributed by atoms with Crippen molar-refractivity contribution in [1.29, 1.82) is 0 Å². The van der Waals surface area contributed by atoms with E-state index in [9.17, 15) is 8.42 Å². The Labute approximate surface area is 155 Å². The number of sulfonamides is 1. The predicted octanol–water partition coefficient (Wildman–Crippen LogP) is 4.38. The Bertz CT molecular complexity index is 985. The predicted molar refractivity (Wildman–Crippen MR) is 107 cm³/mol. The molecule has 0 radical (unpaired) electrons. The molecule has 0 amide bonds. The van der Waals surface area contributed by atoms with Crippen LogP contribution >= 0.6 is 0 Å². The summed E-state index contributed by atoms with van der Waals surface area (Å²) in [5, 5.41) is 0. The zero-order chi connectivity index (χ0) is 18.9. The van der Waals surface area contributed by atoms with Gasteiger partial charge in [-0.1, -0.05) is 67.9 Å². The summed E-state index contributed by atoms with van der Waals surface area (Å²) in [7, 11) is -3.59. The lowest BCUT2D eigenvalue weighted by Crippen LogP contribution is -2.23. The van der Waals surface area contributed by atoms with Crippen molar-refractivity contribution >= 4 is 20.8 Å². The highest BCUT2D eigenvalue weighted by Crippen LogP contribution is 2.30. The number of rotatable bonds is 4. The van der Waals surface area contributed by atoms with Crippen molar-refractivity contribution in [3.05, 3.63) is 76.4 Å². The van der Waals surface area contributed by atoms with E-state index < -0.39 is 10.0 Å². The summed E-state index contributed by atoms with van der Waals surface area (Å²) in [5.41, 5.74) is 4.76. The van der Waals surface area contributed by atoms with Crippen LogP contribution in [0, 0.1) is 6.92 Å². The number of aliphatic imine (C=N–C) groups is 1. The topological polar surface area (TPSA) is 58.5 Å². The molecule has 26 heavy (non-hydrogen) atoms. The van der Waals surface area contributed by atoms with E-state index in [0.717, 1.165) is 11.1 Å². The molecular weight excluding hydrogens is 344 g/mol. The molecular formula is C21H24N2O2S. The van der Waals surface area contributed by atoms with Gasteiger partial charge in [0.2, 0.25) is 0 Å². The number of hydrogen-bond donors (Lipinski definition) is 1. The first-order chi connectivity index (χ1) is 12.3. The number of amidine groups is 1. The van der Waals surface area contributed by atoms with Crippen molar-refractivity contribution in [2.24, 2.45) is 4.99 Å². The fourth-order valence-corrected chi connectivity index (χ4v) is 4.61. The van der Waals surface area contributed by atoms with Crippen LogP contribution in [0.5, 0.6) is 0 Å². The Hall–Kier alpha value is -2.40. The molecule has 0 bridgehead atoms. The van der Waals surface area contributed by atoms with Crippen LogP contribution in [0.3, 0.4) is 0 Å². The van der Waals surface area contributed by atoms with Crippen LogP contribution in [-0.2, 0) is 16.6 Å². The van der Waals surface area contributed by atoms with E-state index in [1.807, 2.05) is 49.4 Å². The fourth-order valence-electron chi connectivity index (χ4n) is 3.09. The molecule has 0 saturated heterocycles. The lowest BCUT2D eigenvalue weighted by atomic mass is 10.0. The van der Waals surface area contributed by atoms with E-state index in [4.69, 9.17) is 0 Å². The molecule has 0 aromatic heterocycles. The maximum absolute atomic E-state index is 12.6. The maximum Gasteiger partial charge on any atom is 0.264 e. The quantitative estimate of drug-likeness (QED) is 0.870. The maximum atomic E-state index is 12.6. The monoisotopic (exact) mass is 368 g/mol. The lowest BCUT2D eigenvalue weighted by molar-refractivity contribution is 0.603. The molecule has 5 heteroatoms. The van der Waals surface area contributed by atoms with E-state index in [-0.39, 0.29) is 0 Å². The molecule has 0 unspecified atom stereocenters. The normalized spacial score (nSPS) is 17.8. The van der Waals surface area contributed by atoms with Gasteiger partial charge in [-0.05, 0) is 36.5 Å². The van der Waals surface area contributed by atoms with Crippen molar-refractivity contribution in [3.8, 4) is 0 Å². The van der Waals surface area contributed by atoms with E-state index in [2.05, 4.69) is 29.6 Å². The Morgan fingerprint density at radius 2 is 1.73 bits per heavy atom. The van der Waals surface area contributed by atoms with Gasteiger partial charge in [-0.3, -0.25) is 9.71 Å². The molecule has 0 atom stereocenters. The molecule has 3 rings (SSSR count). The number of nitrogens with zero attached hydrogens (tertiary/aromatic N) is 1. The zero-order valence-electron chi connectivity index (χ0n) is 15.6. The Kier molecular flexibility index (Phi) is 5.01. The van der Waals surface area contributed by atoms with Gasteiger partial charge in [-0.2, -0.15) is 0 Å². The summed E-state index contributed by atoms with van der Waals surface area (Å²) < 4.78 is 27.8. The smallest absolute Gasteiger partial charge is 0.263 e. The molecule has 1 aliphatic rings. The SMILES string of the molecule is CC1=C(c2ccc(C(C)C)cc2)S(=O)(=O)NC1=NCc1cccc(C)c1. The third-order valence-corrected chi connectivity index (χ3v) is 6.08. The molecule has 4 nitrogen and oxygen atoms in total. The second-order valence-corrected chi connectivity index (χ2v) is 8.61. The highest BCUT2D eigenvalue weighted by atomic mass is 32.2. The van der Waals surface area contributed by atoms with Crippen molar-refractivity contribution in [3.63, 3.8) is 0 Å². The van der Waals surface area contributed by atoms with Gasteiger partial charge in [-0.25, -0.2) is 8.42 Å². The fraction of sp³-hybridized carbons (Fsp3) is 0.286. The van der Waals surface area contributed by atoms with Crippen LogP contribution in [0.2, 0.25) is 0 Å². The molecule has 1 N–H and O–H groups in total. The Balaban J connectivity index is 1.94. The van der Waals surface area contributed by atoms with Gasteiger partial charge >= 0.3 is 0 Å². The molecule has 2 aromatic carbocycles. The summed E-state index contributed by atoms with van der Waals surface area (Å²) in [6, 6.07) is 15.8. The van der Waals surface area contributed by atoms with E-state index in [1.54, 1.807) is 6.92 Å². The average molecular weight is 369 g/mol. The van der Waals surface area contributed by atoms with Gasteiger partial charge in [0.1, 0.15) is 10.7 Å². The molecule has 0 aliphatic carbocycles. The number of benzene rings is 2. The standard InChI is InChI=1S/C21H24N2O2S/c1-14(2)18-8-10-19(11-9-18)20-16(4)21(23-26(20,24)25)22-13-17-7-5-6-15(3)12-17/h5-12,14H,13H2,1-4H3,(H,22,23). The largest absolute Gasteiger partial charge is 0.264 e. The Morgan fingerprint density at radius 1 is 1.04 bits per heavy atom. The van der Waals surface area contributed by atoms with Crippen molar-refractivity contribution in [1.82, 2.24) is 4.72 Å². The molecule has 2 aromatic rings. The van der Waals surface area contributed by atoms with Gasteiger partial charge in [0.15, 0.2) is 0 Å². The second-order valence-electron chi connectivity index (χ2n) is 6.99. The van der Waals surface area contributed by atoms with Crippen LogP contribution in [0.4, 0.5) is 0 Å². The highest BCUT2D eigenvalue weighted by Gasteiger charge is 2.32. The molecule has 136 valence electrons. The molecule has 1 heterocycles. The molecule has 0 fully saturated rings. The van der Waals surface area contributed by atoms with E-state index >= 15 is 0 Å². The molecule has 0 spiro atoms. The number of hydrogen-bond acceptors (Lipinski definition) is 3. The van der Waals surface area contributed by atoms with Crippen LogP contribution in [0.1, 0.15) is 48.9 Å². The van der Waals surface area contributed by atoms with Crippen LogP contribution in [0.15, 0.2) is 59.1 Å². The van der Waals surface area contributed by atoms with Crippen molar-refractivity contribution in [2.45, 2.75) is 40.2 Å². The van der Waals surface area contributed by atoms with Gasteiger partial charge in [-0.15, -0.1) is 0 Å². The van der Waals surface area contributed by atoms with Gasteiger partial charge in [0.05, 0.1) is 6.54 Å². The summed E-state index contributed by atoms with van der Waals surface area (Å²) in [6.45, 7) is 8.50. The van der Waals surface area contributed by atoms with Crippen molar-refractivity contribution in [2.75, 3.05) is 0 Å². The molecule has 0 saturated carbocycles. The average Bonchev–Trinajstić information content (AvgIpc) is 2.82. The minimum absolute atomic E-state index is 0.316. The van der Waals surface area contributed by atoms with Crippen LogP contribution in [0.25, 0.3) is 4.91 Å². The highest BCUT2D eigenvalue weighted by molar-refractivity contribution is 8.00. The van der Waals surface area contributed by atoms with Crippen molar-refractivity contribution < 1.29 is 8.42 Å². The van der Waals surface area contributed by atoms with Gasteiger partial charge in [0.25, 0.3) is 10.0 Å². The summed E-state index contributed by atoms with van der Waals surface area (Å²) in [4.78, 5) is 4.82. The minimum Gasteiger partial charge on any atom is -0.263 e. The van der Waals surface area contributed by atoms with Gasteiger partial charge < -0.3 is 0 Å². The van der Waals surface area contributed by atoms with E-state index in [1.165, 1.54) is 5.56 Å². The first-order valence-electron chi connectivity index (χ1n) is 8.72. The summed E-state index contributed by atoms with van der Waals surface area (Å²) in [6.07, 6.45) is 0. The zero-order valence-corrected chi connectivity index (χ0v) is 16.4. The number of aryl methyl sites for hydroxylation is 1. The number of nitrogens with one attached hydrogen (secondary N) is 1. The Morgan fingerprint density at radius 3 is 2.35 bits per heavy atom. The third kappa shape index (κ3) is 3.73. The van der Waals surface area contributed by atoms with Gasteiger partial charge in [0, 0.05) is 5.57 Å². The van der Waals surface area contributed by atoms with Crippen LogP contribution in [-0.4, -0.2) is 14.3 Å². The summed E-state index contributed by atoms with van der Waals surface area (Å²) in [5.74, 6) is 0.832. The van der Waals surface area contributed by atoms with Crippen LogP contribution < -0.4 is 4.72 Å². The molecule has 1 aliphatic heterocycles.